The topological polar surface area (TPSA) is 134 Å². The summed E-state index contributed by atoms with van der Waals surface area (Å²) in [5.41, 5.74) is 2.47. The van der Waals surface area contributed by atoms with Crippen molar-refractivity contribution in [2.24, 2.45) is 11.8 Å². The summed E-state index contributed by atoms with van der Waals surface area (Å²) in [6, 6.07) is 16.5. The molecule has 0 spiro atoms. The normalized spacial score (nSPS) is 23.8. The summed E-state index contributed by atoms with van der Waals surface area (Å²) < 4.78 is 12.0. The molecule has 2 aromatic rings. The molecule has 2 aromatic carbocycles. The molecule has 4 N–H and O–H groups in total. The number of hydrogen-bond acceptors (Lipinski definition) is 7. The summed E-state index contributed by atoms with van der Waals surface area (Å²) in [6.45, 7) is 7.11. The molecule has 10 heteroatoms. The van der Waals surface area contributed by atoms with Gasteiger partial charge in [0.05, 0.1) is 24.9 Å². The maximum Gasteiger partial charge on any atom is 0.364 e. The van der Waals surface area contributed by atoms with Crippen molar-refractivity contribution < 1.29 is 34.1 Å². The average Bonchev–Trinajstić information content (AvgIpc) is 2.96. The van der Waals surface area contributed by atoms with Crippen molar-refractivity contribution in [2.45, 2.75) is 64.6 Å². The second-order valence-corrected chi connectivity index (χ2v) is 11.9. The Morgan fingerprint density at radius 1 is 1.12 bits per heavy atom. The number of ether oxygens (including phenoxy) is 2. The predicted octanol–water partition coefficient (Wildman–Crippen LogP) is 3.95. The van der Waals surface area contributed by atoms with Gasteiger partial charge in [0.15, 0.2) is 0 Å². The van der Waals surface area contributed by atoms with Gasteiger partial charge in [-0.2, -0.15) is 11.8 Å². The number of carboxylic acid groups (broad SMARTS) is 1. The molecule has 9 nitrogen and oxygen atoms in total. The zero-order valence-electron chi connectivity index (χ0n) is 24.2. The molecular weight excluding hydrogens is 544 g/mol. The van der Waals surface area contributed by atoms with E-state index in [4.69, 9.17) is 9.47 Å². The molecule has 0 aliphatic carbocycles. The number of carbonyl (C=O) groups is 3. The fourth-order valence-electron chi connectivity index (χ4n) is 5.09. The number of hydrogen-bond donors (Lipinski definition) is 4. The molecule has 0 aromatic heterocycles. The molecule has 2 amide bonds. The van der Waals surface area contributed by atoms with E-state index in [1.807, 2.05) is 49.4 Å². The molecule has 224 valence electrons. The first-order valence-electron chi connectivity index (χ1n) is 14.1. The number of thioether (sulfide) groups is 1. The maximum atomic E-state index is 12.8. The smallest absolute Gasteiger partial charge is 0.364 e. The highest BCUT2D eigenvalue weighted by Gasteiger charge is 2.54. The number of aliphatic hydroxyl groups excluding tert-OH is 1. The summed E-state index contributed by atoms with van der Waals surface area (Å²) in [5, 5.41) is 26.9. The van der Waals surface area contributed by atoms with E-state index in [0.717, 1.165) is 22.6 Å². The number of carboxylic acids is 1. The maximum absolute atomic E-state index is 12.8. The fraction of sp³-hybridized carbons (Fsp3) is 0.516. The largest absolute Gasteiger partial charge is 0.477 e. The second-order valence-electron chi connectivity index (χ2n) is 10.5. The molecule has 0 bridgehead atoms. The minimum atomic E-state index is -1.90. The number of rotatable bonds is 14. The van der Waals surface area contributed by atoms with E-state index < -0.39 is 35.9 Å². The number of aliphatic carboxylic acids is 1. The lowest BCUT2D eigenvalue weighted by molar-refractivity contribution is -0.298. The van der Waals surface area contributed by atoms with Crippen LogP contribution in [0.2, 0.25) is 0 Å². The van der Waals surface area contributed by atoms with Gasteiger partial charge in [-0.25, -0.2) is 4.79 Å². The molecule has 1 heterocycles. The lowest BCUT2D eigenvalue weighted by atomic mass is 9.80. The van der Waals surface area contributed by atoms with Crippen LogP contribution in [0.3, 0.4) is 0 Å². The Kier molecular flexibility index (Phi) is 12.2. The van der Waals surface area contributed by atoms with Crippen LogP contribution in [0.15, 0.2) is 54.6 Å². The van der Waals surface area contributed by atoms with Crippen LogP contribution in [0, 0.1) is 11.8 Å². The van der Waals surface area contributed by atoms with Crippen LogP contribution in [0.5, 0.6) is 0 Å². The minimum Gasteiger partial charge on any atom is -0.477 e. The van der Waals surface area contributed by atoms with E-state index >= 15 is 0 Å². The number of carbonyl (C=O) groups excluding carboxylic acids is 2. The first-order chi connectivity index (χ1) is 19.6. The van der Waals surface area contributed by atoms with Gasteiger partial charge in [0, 0.05) is 31.4 Å². The summed E-state index contributed by atoms with van der Waals surface area (Å²) in [7, 11) is 0. The van der Waals surface area contributed by atoms with Crippen LogP contribution in [0.1, 0.15) is 50.9 Å². The Labute approximate surface area is 246 Å². The van der Waals surface area contributed by atoms with Gasteiger partial charge in [0.25, 0.3) is 11.7 Å². The van der Waals surface area contributed by atoms with Gasteiger partial charge in [0.1, 0.15) is 0 Å². The molecule has 3 rings (SSSR count). The summed E-state index contributed by atoms with van der Waals surface area (Å²) in [4.78, 5) is 37.3. The second kappa shape index (κ2) is 15.3. The van der Waals surface area contributed by atoms with E-state index in [1.54, 1.807) is 30.8 Å². The van der Waals surface area contributed by atoms with Crippen molar-refractivity contribution >= 4 is 29.5 Å². The highest BCUT2D eigenvalue weighted by atomic mass is 32.2. The highest BCUT2D eigenvalue weighted by Crippen LogP contribution is 2.38. The first kappa shape index (κ1) is 32.6. The van der Waals surface area contributed by atoms with Crippen LogP contribution >= 0.6 is 11.8 Å². The van der Waals surface area contributed by atoms with Gasteiger partial charge in [-0.15, -0.1) is 0 Å². The third kappa shape index (κ3) is 8.78. The number of amides is 2. The molecule has 0 saturated carbocycles. The average molecular weight is 587 g/mol. The molecule has 1 aliphatic heterocycles. The van der Waals surface area contributed by atoms with Crippen molar-refractivity contribution in [1.82, 2.24) is 10.6 Å². The molecule has 41 heavy (non-hydrogen) atoms. The summed E-state index contributed by atoms with van der Waals surface area (Å²) >= 11 is 1.74. The Morgan fingerprint density at radius 3 is 2.39 bits per heavy atom. The van der Waals surface area contributed by atoms with Gasteiger partial charge in [-0.05, 0) is 47.1 Å². The first-order valence-corrected chi connectivity index (χ1v) is 15.2. The minimum absolute atomic E-state index is 0.0449. The quantitative estimate of drug-likeness (QED) is 0.245. The van der Waals surface area contributed by atoms with Crippen LogP contribution in [0.4, 0.5) is 0 Å². The van der Waals surface area contributed by atoms with E-state index in [9.17, 15) is 24.6 Å². The summed E-state index contributed by atoms with van der Waals surface area (Å²) in [5.74, 6) is -2.93. The number of nitrogens with one attached hydrogen (secondary N) is 2. The highest BCUT2D eigenvalue weighted by molar-refractivity contribution is 7.99. The monoisotopic (exact) mass is 586 g/mol. The van der Waals surface area contributed by atoms with E-state index in [2.05, 4.69) is 17.6 Å². The molecule has 6 atom stereocenters. The van der Waals surface area contributed by atoms with Crippen molar-refractivity contribution in [2.75, 3.05) is 24.7 Å². The van der Waals surface area contributed by atoms with Gasteiger partial charge >= 0.3 is 5.97 Å². The van der Waals surface area contributed by atoms with E-state index in [0.29, 0.717) is 12.0 Å². The van der Waals surface area contributed by atoms with Crippen LogP contribution < -0.4 is 10.6 Å². The van der Waals surface area contributed by atoms with Crippen LogP contribution in [-0.4, -0.2) is 76.7 Å². The Balaban J connectivity index is 1.69. The molecule has 0 radical (unpaired) electrons. The fourth-order valence-corrected chi connectivity index (χ4v) is 5.70. The van der Waals surface area contributed by atoms with Gasteiger partial charge < -0.3 is 30.3 Å². The molecule has 1 aliphatic rings. The SMILES string of the molecule is CCSCCCO[C@]1(C(=O)O)C[C@H](C)[C@@H](NC(C)=O)C([C@H](C)C(O)CNC(=O)c2ccc(-c3ccccc3)cc2)O1. The van der Waals surface area contributed by atoms with Crippen LogP contribution in [-0.2, 0) is 19.1 Å². The molecule has 2 unspecified atom stereocenters. The molecule has 1 fully saturated rings. The summed E-state index contributed by atoms with van der Waals surface area (Å²) in [6.07, 6.45) is -1.24. The zero-order chi connectivity index (χ0) is 30.0. The van der Waals surface area contributed by atoms with Crippen LogP contribution in [0.25, 0.3) is 11.1 Å². The Morgan fingerprint density at radius 2 is 1.78 bits per heavy atom. The standard InChI is InChI=1S/C31H42N2O7S/c1-5-41-17-9-16-39-31(30(37)38)18-20(2)27(33-22(4)34)28(40-31)21(3)26(35)19-32-29(36)25-14-12-24(13-15-25)23-10-7-6-8-11-23/h6-8,10-15,20-21,26-28,35H,5,9,16-19H2,1-4H3,(H,32,36)(H,33,34)(H,37,38)/t20-,21+,26?,27+,28?,31+/m0/s1. The Bertz CT molecular complexity index is 1150. The van der Waals surface area contributed by atoms with E-state index in [-0.39, 0.29) is 37.3 Å². The van der Waals surface area contributed by atoms with Crippen molar-refractivity contribution in [1.29, 1.82) is 0 Å². The van der Waals surface area contributed by atoms with Gasteiger partial charge in [-0.1, -0.05) is 63.2 Å². The molecular formula is C31H42N2O7S. The number of benzene rings is 2. The zero-order valence-corrected chi connectivity index (χ0v) is 25.0. The van der Waals surface area contributed by atoms with Crippen molar-refractivity contribution in [3.63, 3.8) is 0 Å². The Hall–Kier alpha value is -2.92. The van der Waals surface area contributed by atoms with Gasteiger partial charge in [-0.3, -0.25) is 9.59 Å². The number of aliphatic hydroxyl groups is 1. The van der Waals surface area contributed by atoms with E-state index in [1.165, 1.54) is 6.92 Å². The van der Waals surface area contributed by atoms with Gasteiger partial charge in [0.2, 0.25) is 5.91 Å². The molecule has 1 saturated heterocycles. The van der Waals surface area contributed by atoms with Crippen molar-refractivity contribution in [3.8, 4) is 11.1 Å². The third-order valence-electron chi connectivity index (χ3n) is 7.40. The van der Waals surface area contributed by atoms with Crippen molar-refractivity contribution in [3.05, 3.63) is 60.2 Å². The third-order valence-corrected chi connectivity index (χ3v) is 8.39. The predicted molar refractivity (Wildman–Crippen MR) is 160 cm³/mol. The lowest BCUT2D eigenvalue weighted by Gasteiger charge is -2.48. The lowest BCUT2D eigenvalue weighted by Crippen LogP contribution is -2.64.